The zero-order valence-electron chi connectivity index (χ0n) is 12.9. The molecule has 7 nitrogen and oxygen atoms in total. The third-order valence-electron chi connectivity index (χ3n) is 3.36. The first-order valence-electron chi connectivity index (χ1n) is 7.14. The van der Waals surface area contributed by atoms with E-state index in [1.165, 1.54) is 0 Å². The second kappa shape index (κ2) is 6.43. The molecule has 3 heterocycles. The molecule has 3 rings (SSSR count). The Morgan fingerprint density at radius 2 is 1.87 bits per heavy atom. The Morgan fingerprint density at radius 3 is 2.57 bits per heavy atom. The van der Waals surface area contributed by atoms with Crippen molar-refractivity contribution in [2.45, 2.75) is 19.9 Å². The van der Waals surface area contributed by atoms with Crippen LogP contribution in [0.2, 0.25) is 0 Å². The van der Waals surface area contributed by atoms with Crippen LogP contribution in [0.15, 0.2) is 45.7 Å². The Labute approximate surface area is 132 Å². The lowest BCUT2D eigenvalue weighted by molar-refractivity contribution is -0.130. The molecule has 3 aromatic heterocycles. The minimum absolute atomic E-state index is 0.0805. The molecule has 0 saturated heterocycles. The molecule has 0 bridgehead atoms. The first-order valence-corrected chi connectivity index (χ1v) is 7.14. The topological polar surface area (TPSA) is 85.3 Å². The van der Waals surface area contributed by atoms with Gasteiger partial charge in [0.1, 0.15) is 11.5 Å². The molecule has 0 radical (unpaired) electrons. The Bertz CT molecular complexity index is 795. The third-order valence-corrected chi connectivity index (χ3v) is 3.36. The number of hydrogen-bond acceptors (Lipinski definition) is 6. The van der Waals surface area contributed by atoms with E-state index in [0.29, 0.717) is 23.8 Å². The second-order valence-electron chi connectivity index (χ2n) is 5.28. The van der Waals surface area contributed by atoms with Crippen molar-refractivity contribution in [1.82, 2.24) is 20.2 Å². The van der Waals surface area contributed by atoms with Gasteiger partial charge in [-0.05, 0) is 19.1 Å². The summed E-state index contributed by atoms with van der Waals surface area (Å²) in [5, 5.41) is 7.79. The van der Waals surface area contributed by atoms with Crippen molar-refractivity contribution in [2.24, 2.45) is 0 Å². The van der Waals surface area contributed by atoms with Gasteiger partial charge in [-0.25, -0.2) is 0 Å². The molecule has 0 atom stereocenters. The van der Waals surface area contributed by atoms with Crippen molar-refractivity contribution in [2.75, 3.05) is 7.05 Å². The predicted molar refractivity (Wildman–Crippen MR) is 81.2 cm³/mol. The highest BCUT2D eigenvalue weighted by Crippen LogP contribution is 2.18. The van der Waals surface area contributed by atoms with Gasteiger partial charge in [0.15, 0.2) is 5.76 Å². The third kappa shape index (κ3) is 3.63. The van der Waals surface area contributed by atoms with Crippen LogP contribution in [0.25, 0.3) is 11.3 Å². The maximum absolute atomic E-state index is 12.2. The maximum atomic E-state index is 12.2. The summed E-state index contributed by atoms with van der Waals surface area (Å²) in [5.41, 5.74) is 2.39. The number of amides is 1. The zero-order chi connectivity index (χ0) is 16.2. The fraction of sp³-hybridized carbons (Fsp3) is 0.250. The van der Waals surface area contributed by atoms with Gasteiger partial charge in [0.05, 0.1) is 18.7 Å². The molecule has 3 aromatic rings. The maximum Gasteiger partial charge on any atom is 0.230 e. The number of aromatic nitrogens is 3. The van der Waals surface area contributed by atoms with E-state index in [2.05, 4.69) is 15.3 Å². The normalized spacial score (nSPS) is 10.7. The summed E-state index contributed by atoms with van der Waals surface area (Å²) in [6, 6.07) is 7.27. The lowest BCUT2D eigenvalue weighted by Gasteiger charge is -2.13. The zero-order valence-corrected chi connectivity index (χ0v) is 12.9. The molecule has 23 heavy (non-hydrogen) atoms. The van der Waals surface area contributed by atoms with E-state index in [4.69, 9.17) is 9.05 Å². The Morgan fingerprint density at radius 1 is 1.13 bits per heavy atom. The van der Waals surface area contributed by atoms with Gasteiger partial charge in [-0.1, -0.05) is 10.3 Å². The molecular weight excluding hydrogens is 296 g/mol. The fourth-order valence-corrected chi connectivity index (χ4v) is 2.15. The largest absolute Gasteiger partial charge is 0.361 e. The number of likely N-dealkylation sites (N-methyl/N-ethyl adjacent to an activating group) is 1. The van der Waals surface area contributed by atoms with Crippen molar-refractivity contribution in [1.29, 1.82) is 0 Å². The average molecular weight is 312 g/mol. The van der Waals surface area contributed by atoms with Crippen molar-refractivity contribution >= 4 is 5.91 Å². The van der Waals surface area contributed by atoms with E-state index in [-0.39, 0.29) is 12.3 Å². The van der Waals surface area contributed by atoms with E-state index < -0.39 is 0 Å². The summed E-state index contributed by atoms with van der Waals surface area (Å²) in [5.74, 6) is 1.08. The lowest BCUT2D eigenvalue weighted by atomic mass is 10.2. The van der Waals surface area contributed by atoms with E-state index in [0.717, 1.165) is 11.3 Å². The minimum atomic E-state index is -0.0805. The first kappa shape index (κ1) is 15.0. The van der Waals surface area contributed by atoms with Gasteiger partial charge < -0.3 is 13.9 Å². The van der Waals surface area contributed by atoms with Gasteiger partial charge in [-0.3, -0.25) is 9.78 Å². The van der Waals surface area contributed by atoms with Gasteiger partial charge in [-0.15, -0.1) is 0 Å². The molecule has 0 saturated carbocycles. The number of nitrogens with zero attached hydrogens (tertiary/aromatic N) is 4. The van der Waals surface area contributed by atoms with Gasteiger partial charge in [0.2, 0.25) is 5.91 Å². The molecular formula is C16H16N4O3. The predicted octanol–water partition coefficient (Wildman–Crippen LogP) is 2.23. The minimum Gasteiger partial charge on any atom is -0.361 e. The van der Waals surface area contributed by atoms with Crippen LogP contribution in [0.5, 0.6) is 0 Å². The molecule has 0 spiro atoms. The summed E-state index contributed by atoms with van der Waals surface area (Å²) in [4.78, 5) is 17.7. The highest BCUT2D eigenvalue weighted by molar-refractivity contribution is 5.77. The summed E-state index contributed by atoms with van der Waals surface area (Å²) in [7, 11) is 1.71. The molecule has 0 N–H and O–H groups in total. The first-order chi connectivity index (χ1) is 11.1. The number of pyridine rings is 1. The molecule has 0 unspecified atom stereocenters. The highest BCUT2D eigenvalue weighted by Gasteiger charge is 2.15. The van der Waals surface area contributed by atoms with Crippen LogP contribution in [0, 0.1) is 6.92 Å². The van der Waals surface area contributed by atoms with E-state index in [9.17, 15) is 4.79 Å². The molecule has 1 amide bonds. The van der Waals surface area contributed by atoms with Gasteiger partial charge in [-0.2, -0.15) is 0 Å². The molecule has 0 aromatic carbocycles. The average Bonchev–Trinajstić information content (AvgIpc) is 3.17. The van der Waals surface area contributed by atoms with Gasteiger partial charge in [0, 0.05) is 37.1 Å². The molecule has 0 aliphatic heterocycles. The van der Waals surface area contributed by atoms with Crippen molar-refractivity contribution in [3.05, 3.63) is 53.9 Å². The molecule has 0 aliphatic rings. The standard InChI is InChI=1S/C16H16N4O3/c1-11-7-13(22-18-11)9-16(21)20(2)10-14-8-15(19-23-14)12-3-5-17-6-4-12/h3-8H,9-10H2,1-2H3. The number of carbonyl (C=O) groups is 1. The van der Waals surface area contributed by atoms with Crippen LogP contribution in [-0.2, 0) is 17.8 Å². The number of hydrogen-bond donors (Lipinski definition) is 0. The molecule has 0 fully saturated rings. The second-order valence-corrected chi connectivity index (χ2v) is 5.28. The van der Waals surface area contributed by atoms with Crippen LogP contribution >= 0.6 is 0 Å². The van der Waals surface area contributed by atoms with Crippen molar-refractivity contribution in [3.8, 4) is 11.3 Å². The van der Waals surface area contributed by atoms with E-state index >= 15 is 0 Å². The smallest absolute Gasteiger partial charge is 0.230 e. The monoisotopic (exact) mass is 312 g/mol. The molecule has 0 aliphatic carbocycles. The van der Waals surface area contributed by atoms with Crippen molar-refractivity contribution in [3.63, 3.8) is 0 Å². The van der Waals surface area contributed by atoms with Gasteiger partial charge >= 0.3 is 0 Å². The summed E-state index contributed by atoms with van der Waals surface area (Å²) in [6.45, 7) is 2.15. The van der Waals surface area contributed by atoms with E-state index in [1.54, 1.807) is 30.4 Å². The Kier molecular flexibility index (Phi) is 4.18. The fourth-order valence-electron chi connectivity index (χ4n) is 2.15. The summed E-state index contributed by atoms with van der Waals surface area (Å²) in [6.07, 6.45) is 3.56. The van der Waals surface area contributed by atoms with Crippen LogP contribution < -0.4 is 0 Å². The van der Waals surface area contributed by atoms with Crippen LogP contribution in [0.3, 0.4) is 0 Å². The van der Waals surface area contributed by atoms with Crippen LogP contribution in [0.4, 0.5) is 0 Å². The number of rotatable bonds is 5. The lowest BCUT2D eigenvalue weighted by Crippen LogP contribution is -2.27. The van der Waals surface area contributed by atoms with Crippen LogP contribution in [0.1, 0.15) is 17.2 Å². The Balaban J connectivity index is 1.62. The quantitative estimate of drug-likeness (QED) is 0.718. The van der Waals surface area contributed by atoms with Crippen LogP contribution in [-0.4, -0.2) is 33.2 Å². The highest BCUT2D eigenvalue weighted by atomic mass is 16.5. The number of aryl methyl sites for hydroxylation is 1. The van der Waals surface area contributed by atoms with Gasteiger partial charge in [0.25, 0.3) is 0 Å². The van der Waals surface area contributed by atoms with E-state index in [1.807, 2.05) is 25.1 Å². The molecule has 118 valence electrons. The molecule has 7 heteroatoms. The summed E-state index contributed by atoms with van der Waals surface area (Å²) < 4.78 is 10.4. The summed E-state index contributed by atoms with van der Waals surface area (Å²) >= 11 is 0. The Hall–Kier alpha value is -2.96. The van der Waals surface area contributed by atoms with Crippen molar-refractivity contribution < 1.29 is 13.8 Å². The SMILES string of the molecule is Cc1cc(CC(=O)N(C)Cc2cc(-c3ccncc3)no2)on1. The number of carbonyl (C=O) groups excluding carboxylic acids is 1.